The van der Waals surface area contributed by atoms with Gasteiger partial charge in [0.2, 0.25) is 5.89 Å². The van der Waals surface area contributed by atoms with E-state index >= 15 is 0 Å². The van der Waals surface area contributed by atoms with Crippen molar-refractivity contribution in [1.29, 1.82) is 0 Å². The Morgan fingerprint density at radius 3 is 2.58 bits per heavy atom. The quantitative estimate of drug-likeness (QED) is 0.447. The van der Waals surface area contributed by atoms with Gasteiger partial charge in [-0.1, -0.05) is 55.4 Å². The van der Waals surface area contributed by atoms with E-state index in [0.717, 1.165) is 16.5 Å². The van der Waals surface area contributed by atoms with Crippen LogP contribution >= 0.6 is 23.4 Å². The fourth-order valence-electron chi connectivity index (χ4n) is 2.25. The van der Waals surface area contributed by atoms with Gasteiger partial charge in [-0.2, -0.15) is 4.98 Å². The summed E-state index contributed by atoms with van der Waals surface area (Å²) in [5.74, 6) is 2.59. The number of hydrogen-bond acceptors (Lipinski definition) is 6. The highest BCUT2D eigenvalue weighted by molar-refractivity contribution is 7.98. The first-order valence-corrected chi connectivity index (χ1v) is 9.50. The van der Waals surface area contributed by atoms with Crippen LogP contribution in [0.15, 0.2) is 46.6 Å². The first kappa shape index (κ1) is 18.7. The van der Waals surface area contributed by atoms with E-state index in [1.165, 1.54) is 11.8 Å². The lowest BCUT2D eigenvalue weighted by atomic mass is 9.97. The van der Waals surface area contributed by atoms with E-state index in [1.807, 2.05) is 55.7 Å². The summed E-state index contributed by atoms with van der Waals surface area (Å²) in [7, 11) is 0. The van der Waals surface area contributed by atoms with E-state index in [9.17, 15) is 0 Å². The normalized spacial score (nSPS) is 11.7. The zero-order chi connectivity index (χ0) is 18.7. The Morgan fingerprint density at radius 2 is 1.96 bits per heavy atom. The summed E-state index contributed by atoms with van der Waals surface area (Å²) < 4.78 is 7.34. The molecular weight excluding hydrogens is 370 g/mol. The highest BCUT2D eigenvalue weighted by atomic mass is 35.5. The molecule has 0 radical (unpaired) electrons. The van der Waals surface area contributed by atoms with Crippen LogP contribution in [0.1, 0.15) is 32.5 Å². The molecule has 0 unspecified atom stereocenters. The molecule has 6 nitrogen and oxygen atoms in total. The molecule has 0 saturated carbocycles. The van der Waals surface area contributed by atoms with Gasteiger partial charge in [0.05, 0.1) is 5.75 Å². The van der Waals surface area contributed by atoms with Crippen LogP contribution in [-0.4, -0.2) is 24.9 Å². The number of benzene rings is 1. The molecule has 0 bridgehead atoms. The van der Waals surface area contributed by atoms with Gasteiger partial charge in [0.15, 0.2) is 16.8 Å². The molecule has 0 saturated heterocycles. The lowest BCUT2D eigenvalue weighted by Gasteiger charge is -2.10. The van der Waals surface area contributed by atoms with Crippen molar-refractivity contribution in [2.45, 2.75) is 43.6 Å². The van der Waals surface area contributed by atoms with Crippen LogP contribution in [0.3, 0.4) is 0 Å². The van der Waals surface area contributed by atoms with Gasteiger partial charge >= 0.3 is 0 Å². The van der Waals surface area contributed by atoms with Crippen molar-refractivity contribution >= 4 is 23.4 Å². The largest absolute Gasteiger partial charge is 0.339 e. The third-order valence-electron chi connectivity index (χ3n) is 3.57. The molecule has 8 heteroatoms. The standard InChI is InChI=1S/C18H20ClN5OS/c1-5-10-24-15(12-6-8-13(19)9-7-12)21-22-17(24)26-11-14-20-16(25-23-14)18(2,3)4/h5-9H,1,10-11H2,2-4H3. The van der Waals surface area contributed by atoms with Gasteiger partial charge in [0, 0.05) is 22.5 Å². The summed E-state index contributed by atoms with van der Waals surface area (Å²) in [5, 5.41) is 14.2. The molecule has 0 spiro atoms. The smallest absolute Gasteiger partial charge is 0.232 e. The van der Waals surface area contributed by atoms with Gasteiger partial charge in [-0.3, -0.25) is 4.57 Å². The average Bonchev–Trinajstić information content (AvgIpc) is 3.21. The SMILES string of the molecule is C=CCn1c(SCc2noc(C(C)(C)C)n2)nnc1-c1ccc(Cl)cc1. The lowest BCUT2D eigenvalue weighted by Crippen LogP contribution is -2.11. The zero-order valence-corrected chi connectivity index (χ0v) is 16.5. The zero-order valence-electron chi connectivity index (χ0n) is 14.9. The second-order valence-electron chi connectivity index (χ2n) is 6.77. The van der Waals surface area contributed by atoms with Crippen LogP contribution in [0.4, 0.5) is 0 Å². The minimum atomic E-state index is -0.166. The molecule has 0 aliphatic heterocycles. The maximum absolute atomic E-state index is 5.97. The summed E-state index contributed by atoms with van der Waals surface area (Å²) in [6.45, 7) is 10.5. The number of allylic oxidation sites excluding steroid dienone is 1. The van der Waals surface area contributed by atoms with E-state index < -0.39 is 0 Å². The molecule has 1 aromatic carbocycles. The molecule has 3 rings (SSSR count). The predicted molar refractivity (Wildman–Crippen MR) is 103 cm³/mol. The van der Waals surface area contributed by atoms with Crippen molar-refractivity contribution in [1.82, 2.24) is 24.9 Å². The number of halogens is 1. The van der Waals surface area contributed by atoms with Crippen LogP contribution in [0, 0.1) is 0 Å². The van der Waals surface area contributed by atoms with E-state index in [-0.39, 0.29) is 5.41 Å². The summed E-state index contributed by atoms with van der Waals surface area (Å²) in [4.78, 5) is 4.46. The topological polar surface area (TPSA) is 69.6 Å². The fraction of sp³-hybridized carbons (Fsp3) is 0.333. The Bertz CT molecular complexity index is 895. The maximum Gasteiger partial charge on any atom is 0.232 e. The maximum atomic E-state index is 5.97. The van der Waals surface area contributed by atoms with E-state index in [1.54, 1.807) is 0 Å². The van der Waals surface area contributed by atoms with Crippen LogP contribution in [0.2, 0.25) is 5.02 Å². The molecule has 0 aliphatic carbocycles. The van der Waals surface area contributed by atoms with Crippen molar-refractivity contribution in [3.05, 3.63) is 53.7 Å². The van der Waals surface area contributed by atoms with Crippen molar-refractivity contribution in [3.63, 3.8) is 0 Å². The minimum absolute atomic E-state index is 0.166. The summed E-state index contributed by atoms with van der Waals surface area (Å²) in [5.41, 5.74) is 0.783. The molecule has 0 N–H and O–H groups in total. The molecular formula is C18H20ClN5OS. The summed E-state index contributed by atoms with van der Waals surface area (Å²) in [6, 6.07) is 7.53. The average molecular weight is 390 g/mol. The van der Waals surface area contributed by atoms with Crippen LogP contribution in [0.5, 0.6) is 0 Å². The molecule has 0 fully saturated rings. The Labute approximate surface area is 161 Å². The number of hydrogen-bond donors (Lipinski definition) is 0. The van der Waals surface area contributed by atoms with Gasteiger partial charge in [0.1, 0.15) is 0 Å². The molecule has 0 aliphatic rings. The number of thioether (sulfide) groups is 1. The highest BCUT2D eigenvalue weighted by Gasteiger charge is 2.22. The predicted octanol–water partition coefficient (Wildman–Crippen LogP) is 4.76. The van der Waals surface area contributed by atoms with Gasteiger partial charge in [-0.25, -0.2) is 0 Å². The minimum Gasteiger partial charge on any atom is -0.339 e. The van der Waals surface area contributed by atoms with E-state index in [4.69, 9.17) is 16.1 Å². The molecule has 2 aromatic heterocycles. The Balaban J connectivity index is 1.80. The second kappa shape index (κ2) is 7.63. The van der Waals surface area contributed by atoms with Gasteiger partial charge in [0.25, 0.3) is 0 Å². The monoisotopic (exact) mass is 389 g/mol. The second-order valence-corrected chi connectivity index (χ2v) is 8.15. The fourth-order valence-corrected chi connectivity index (χ4v) is 3.16. The van der Waals surface area contributed by atoms with Crippen LogP contribution < -0.4 is 0 Å². The molecule has 26 heavy (non-hydrogen) atoms. The summed E-state index contributed by atoms with van der Waals surface area (Å²) in [6.07, 6.45) is 1.82. The van der Waals surface area contributed by atoms with Crippen LogP contribution in [-0.2, 0) is 17.7 Å². The third-order valence-corrected chi connectivity index (χ3v) is 4.79. The van der Waals surface area contributed by atoms with Crippen molar-refractivity contribution in [2.24, 2.45) is 0 Å². The van der Waals surface area contributed by atoms with Crippen molar-refractivity contribution in [3.8, 4) is 11.4 Å². The molecule has 3 aromatic rings. The highest BCUT2D eigenvalue weighted by Crippen LogP contribution is 2.27. The van der Waals surface area contributed by atoms with Gasteiger partial charge in [-0.15, -0.1) is 16.8 Å². The summed E-state index contributed by atoms with van der Waals surface area (Å²) >= 11 is 7.48. The number of nitrogens with zero attached hydrogens (tertiary/aromatic N) is 5. The molecule has 2 heterocycles. The first-order valence-electron chi connectivity index (χ1n) is 8.14. The molecule has 0 atom stereocenters. The van der Waals surface area contributed by atoms with Gasteiger partial charge < -0.3 is 4.52 Å². The van der Waals surface area contributed by atoms with Crippen LogP contribution in [0.25, 0.3) is 11.4 Å². The van der Waals surface area contributed by atoms with Crippen molar-refractivity contribution in [2.75, 3.05) is 0 Å². The van der Waals surface area contributed by atoms with E-state index in [0.29, 0.717) is 29.0 Å². The van der Waals surface area contributed by atoms with E-state index in [2.05, 4.69) is 26.9 Å². The first-order chi connectivity index (χ1) is 12.4. The third kappa shape index (κ3) is 4.16. The van der Waals surface area contributed by atoms with Gasteiger partial charge in [-0.05, 0) is 24.3 Å². The molecule has 0 amide bonds. The Morgan fingerprint density at radius 1 is 1.23 bits per heavy atom. The van der Waals surface area contributed by atoms with Crippen molar-refractivity contribution < 1.29 is 4.52 Å². The lowest BCUT2D eigenvalue weighted by molar-refractivity contribution is 0.319. The molecule has 136 valence electrons. The number of rotatable bonds is 6. The number of aromatic nitrogens is 5. The Kier molecular flexibility index (Phi) is 5.48. The Hall–Kier alpha value is -2.12.